The van der Waals surface area contributed by atoms with Gasteiger partial charge in [0.15, 0.2) is 0 Å². The highest BCUT2D eigenvalue weighted by atomic mass is 16.4. The fraction of sp³-hybridized carbons (Fsp3) is 0. The van der Waals surface area contributed by atoms with Gasteiger partial charge in [-0.1, -0.05) is 103 Å². The molecule has 0 aliphatic rings. The molecule has 0 aliphatic carbocycles. The smallest absolute Gasteiger partial charge is 0.238 e. The number of aliphatic imine (C=N–C) groups is 1. The summed E-state index contributed by atoms with van der Waals surface area (Å²) in [5.74, 6) is 0.960. The van der Waals surface area contributed by atoms with E-state index in [0.29, 0.717) is 17.2 Å². The van der Waals surface area contributed by atoms with E-state index in [1.165, 1.54) is 0 Å². The van der Waals surface area contributed by atoms with E-state index in [4.69, 9.17) is 4.42 Å². The van der Waals surface area contributed by atoms with Crippen LogP contribution in [0.25, 0.3) is 33.2 Å². The van der Waals surface area contributed by atoms with Crippen molar-refractivity contribution in [1.82, 2.24) is 0 Å². The first-order valence-electron chi connectivity index (χ1n) is 10.0. The first kappa shape index (κ1) is 18.6. The molecule has 146 valence electrons. The van der Waals surface area contributed by atoms with Crippen LogP contribution in [-0.2, 0) is 0 Å². The van der Waals surface area contributed by atoms with E-state index < -0.39 is 0 Å². The standard InChI is InChI=1S/C28H18N2O/c29-18-25-26(21-11-3-1-4-12-21)27(22-13-5-2-6-14-22)31-28(25)30-19-23-16-9-15-20-10-7-8-17-24(20)23/h1-17,19H/b30-19+. The van der Waals surface area contributed by atoms with Gasteiger partial charge in [-0.05, 0) is 16.3 Å². The first-order chi connectivity index (χ1) is 15.3. The lowest BCUT2D eigenvalue weighted by Crippen LogP contribution is -1.84. The fourth-order valence-electron chi connectivity index (χ4n) is 3.78. The van der Waals surface area contributed by atoms with Gasteiger partial charge in [0.25, 0.3) is 0 Å². The van der Waals surface area contributed by atoms with Crippen LogP contribution in [0.2, 0.25) is 0 Å². The predicted octanol–water partition coefficient (Wildman–Crippen LogP) is 7.39. The average molecular weight is 398 g/mol. The van der Waals surface area contributed by atoms with E-state index in [1.54, 1.807) is 6.21 Å². The Morgan fingerprint density at radius 1 is 0.710 bits per heavy atom. The summed E-state index contributed by atoms with van der Waals surface area (Å²) < 4.78 is 6.19. The molecule has 31 heavy (non-hydrogen) atoms. The highest BCUT2D eigenvalue weighted by molar-refractivity contribution is 6.00. The largest absolute Gasteiger partial charge is 0.436 e. The number of hydrogen-bond donors (Lipinski definition) is 0. The molecule has 1 heterocycles. The summed E-state index contributed by atoms with van der Waals surface area (Å²) in [5, 5.41) is 12.2. The van der Waals surface area contributed by atoms with Gasteiger partial charge >= 0.3 is 0 Å². The van der Waals surface area contributed by atoms with Gasteiger partial charge in [-0.15, -0.1) is 0 Å². The normalized spacial score (nSPS) is 11.1. The van der Waals surface area contributed by atoms with Gasteiger partial charge in [0, 0.05) is 22.9 Å². The number of nitriles is 1. The first-order valence-corrected chi connectivity index (χ1v) is 10.0. The van der Waals surface area contributed by atoms with Crippen LogP contribution in [0.1, 0.15) is 11.1 Å². The van der Waals surface area contributed by atoms with Gasteiger partial charge < -0.3 is 4.42 Å². The Morgan fingerprint density at radius 2 is 1.35 bits per heavy atom. The molecule has 1 aromatic heterocycles. The van der Waals surface area contributed by atoms with Crippen molar-refractivity contribution in [3.8, 4) is 28.5 Å². The lowest BCUT2D eigenvalue weighted by molar-refractivity contribution is 0.593. The molecule has 0 bridgehead atoms. The molecule has 0 saturated heterocycles. The van der Waals surface area contributed by atoms with Crippen LogP contribution in [0.15, 0.2) is 113 Å². The minimum absolute atomic E-state index is 0.313. The second-order valence-corrected chi connectivity index (χ2v) is 7.16. The van der Waals surface area contributed by atoms with Crippen LogP contribution < -0.4 is 0 Å². The summed E-state index contributed by atoms with van der Waals surface area (Å²) in [7, 11) is 0. The molecule has 0 radical (unpaired) electrons. The summed E-state index contributed by atoms with van der Waals surface area (Å²) in [6.07, 6.45) is 1.77. The number of benzene rings is 4. The van der Waals surface area contributed by atoms with Gasteiger partial charge in [0.2, 0.25) is 5.88 Å². The highest BCUT2D eigenvalue weighted by Crippen LogP contribution is 2.42. The van der Waals surface area contributed by atoms with Crippen LogP contribution in [0, 0.1) is 11.3 Å². The molecule has 0 unspecified atom stereocenters. The van der Waals surface area contributed by atoms with E-state index in [1.807, 2.05) is 84.9 Å². The molecule has 5 rings (SSSR count). The van der Waals surface area contributed by atoms with Gasteiger partial charge in [0.05, 0.1) is 0 Å². The van der Waals surface area contributed by atoms with Crippen molar-refractivity contribution in [1.29, 1.82) is 5.26 Å². The number of hydrogen-bond acceptors (Lipinski definition) is 3. The van der Waals surface area contributed by atoms with Crippen molar-refractivity contribution >= 4 is 22.9 Å². The second-order valence-electron chi connectivity index (χ2n) is 7.16. The zero-order chi connectivity index (χ0) is 21.0. The summed E-state index contributed by atoms with van der Waals surface area (Å²) >= 11 is 0. The summed E-state index contributed by atoms with van der Waals surface area (Å²) in [6.45, 7) is 0. The van der Waals surface area contributed by atoms with Crippen LogP contribution in [0.4, 0.5) is 5.88 Å². The van der Waals surface area contributed by atoms with Crippen LogP contribution in [0.3, 0.4) is 0 Å². The van der Waals surface area contributed by atoms with Crippen molar-refractivity contribution in [3.05, 3.63) is 114 Å². The molecule has 3 nitrogen and oxygen atoms in total. The van der Waals surface area contributed by atoms with Crippen molar-refractivity contribution in [3.63, 3.8) is 0 Å². The van der Waals surface area contributed by atoms with Crippen LogP contribution in [-0.4, -0.2) is 6.21 Å². The molecule has 0 saturated carbocycles. The molecule has 0 atom stereocenters. The maximum absolute atomic E-state index is 10.0. The van der Waals surface area contributed by atoms with Crippen LogP contribution >= 0.6 is 0 Å². The topological polar surface area (TPSA) is 49.3 Å². The van der Waals surface area contributed by atoms with E-state index in [-0.39, 0.29) is 0 Å². The molecule has 0 N–H and O–H groups in total. The third-order valence-electron chi connectivity index (χ3n) is 5.24. The predicted molar refractivity (Wildman–Crippen MR) is 125 cm³/mol. The van der Waals surface area contributed by atoms with Crippen molar-refractivity contribution < 1.29 is 4.42 Å². The Hall–Kier alpha value is -4.42. The summed E-state index contributed by atoms with van der Waals surface area (Å²) in [5.41, 5.74) is 4.00. The Labute approximate surface area is 180 Å². The monoisotopic (exact) mass is 398 g/mol. The van der Waals surface area contributed by atoms with E-state index in [2.05, 4.69) is 29.3 Å². The maximum Gasteiger partial charge on any atom is 0.238 e. The molecule has 0 spiro atoms. The van der Waals surface area contributed by atoms with E-state index >= 15 is 0 Å². The third kappa shape index (κ3) is 3.52. The molecule has 4 aromatic carbocycles. The lowest BCUT2D eigenvalue weighted by Gasteiger charge is -2.03. The zero-order valence-corrected chi connectivity index (χ0v) is 16.7. The number of nitrogens with zero attached hydrogens (tertiary/aromatic N) is 2. The summed E-state index contributed by atoms with van der Waals surface area (Å²) in [6, 6.07) is 36.2. The minimum atomic E-state index is 0.313. The SMILES string of the molecule is N#Cc1c(/N=C/c2cccc3ccccc23)oc(-c2ccccc2)c1-c1ccccc1. The van der Waals surface area contributed by atoms with Gasteiger partial charge in [0.1, 0.15) is 17.4 Å². The minimum Gasteiger partial charge on any atom is -0.436 e. The molecule has 5 aromatic rings. The van der Waals surface area contributed by atoms with Crippen LogP contribution in [0.5, 0.6) is 0 Å². The van der Waals surface area contributed by atoms with Crippen molar-refractivity contribution in [2.45, 2.75) is 0 Å². The van der Waals surface area contributed by atoms with Crippen molar-refractivity contribution in [2.75, 3.05) is 0 Å². The Balaban J connectivity index is 1.68. The quantitative estimate of drug-likeness (QED) is 0.296. The van der Waals surface area contributed by atoms with Crippen molar-refractivity contribution in [2.24, 2.45) is 4.99 Å². The molecule has 0 aliphatic heterocycles. The summed E-state index contributed by atoms with van der Waals surface area (Å²) in [4.78, 5) is 4.62. The molecular weight excluding hydrogens is 380 g/mol. The molecule has 0 fully saturated rings. The van der Waals surface area contributed by atoms with Gasteiger partial charge in [-0.25, -0.2) is 4.99 Å². The molecule has 0 amide bonds. The highest BCUT2D eigenvalue weighted by Gasteiger charge is 2.22. The van der Waals surface area contributed by atoms with Gasteiger partial charge in [-0.3, -0.25) is 0 Å². The maximum atomic E-state index is 10.0. The Morgan fingerprint density at radius 3 is 2.10 bits per heavy atom. The second kappa shape index (κ2) is 8.14. The number of rotatable bonds is 4. The Kier molecular flexibility index (Phi) is 4.88. The molecular formula is C28H18N2O. The van der Waals surface area contributed by atoms with E-state index in [0.717, 1.165) is 33.0 Å². The molecule has 3 heteroatoms. The third-order valence-corrected chi connectivity index (χ3v) is 5.24. The average Bonchev–Trinajstić information content (AvgIpc) is 3.22. The number of fused-ring (bicyclic) bond motifs is 1. The fourth-order valence-corrected chi connectivity index (χ4v) is 3.78. The van der Waals surface area contributed by atoms with E-state index in [9.17, 15) is 5.26 Å². The Bertz CT molecular complexity index is 1420. The zero-order valence-electron chi connectivity index (χ0n) is 16.7. The number of furan rings is 1. The van der Waals surface area contributed by atoms with Gasteiger partial charge in [-0.2, -0.15) is 5.26 Å². The lowest BCUT2D eigenvalue weighted by atomic mass is 9.98.